The first-order valence-electron chi connectivity index (χ1n) is 6.39. The minimum absolute atomic E-state index is 0.158. The van der Waals surface area contributed by atoms with E-state index in [1.165, 1.54) is 16.7 Å². The Balaban J connectivity index is 2.78. The number of nitrogens with one attached hydrogen (secondary N) is 1. The van der Waals surface area contributed by atoms with Crippen LogP contribution < -0.4 is 5.32 Å². The molecule has 2 atom stereocenters. The second-order valence-electron chi connectivity index (χ2n) is 5.28. The van der Waals surface area contributed by atoms with Crippen molar-refractivity contribution in [1.82, 2.24) is 5.32 Å². The van der Waals surface area contributed by atoms with Crippen molar-refractivity contribution in [2.75, 3.05) is 6.61 Å². The number of aliphatic hydroxyl groups excluding tert-OH is 1. The first-order valence-corrected chi connectivity index (χ1v) is 6.39. The van der Waals surface area contributed by atoms with E-state index in [2.05, 4.69) is 58.1 Å². The molecule has 0 saturated heterocycles. The molecule has 17 heavy (non-hydrogen) atoms. The van der Waals surface area contributed by atoms with Crippen LogP contribution in [0.1, 0.15) is 43.5 Å². The van der Waals surface area contributed by atoms with Gasteiger partial charge in [-0.3, -0.25) is 0 Å². The third-order valence-electron chi connectivity index (χ3n) is 3.36. The smallest absolute Gasteiger partial charge is 0.0587 e. The molecule has 1 aromatic carbocycles. The normalized spacial score (nSPS) is 15.0. The molecule has 1 unspecified atom stereocenters. The van der Waals surface area contributed by atoms with Gasteiger partial charge in [0.15, 0.2) is 0 Å². The van der Waals surface area contributed by atoms with E-state index in [1.54, 1.807) is 0 Å². The maximum Gasteiger partial charge on any atom is 0.0587 e. The number of hydrogen-bond donors (Lipinski definition) is 2. The predicted molar refractivity (Wildman–Crippen MR) is 73.2 cm³/mol. The number of aryl methyl sites for hydroxylation is 2. The Labute approximate surface area is 105 Å². The van der Waals surface area contributed by atoms with Crippen molar-refractivity contribution in [3.8, 4) is 0 Å². The Hall–Kier alpha value is -0.860. The van der Waals surface area contributed by atoms with Crippen LogP contribution in [0, 0.1) is 19.8 Å². The molecule has 0 saturated carbocycles. The van der Waals surface area contributed by atoms with Crippen molar-refractivity contribution in [2.24, 2.45) is 5.92 Å². The van der Waals surface area contributed by atoms with Crippen molar-refractivity contribution in [3.63, 3.8) is 0 Å². The zero-order valence-corrected chi connectivity index (χ0v) is 11.6. The van der Waals surface area contributed by atoms with Crippen molar-refractivity contribution < 1.29 is 5.11 Å². The highest BCUT2D eigenvalue weighted by Crippen LogP contribution is 2.20. The molecule has 0 aliphatic rings. The fourth-order valence-corrected chi connectivity index (χ4v) is 2.18. The van der Waals surface area contributed by atoms with Crippen LogP contribution in [-0.2, 0) is 0 Å². The van der Waals surface area contributed by atoms with Gasteiger partial charge in [0.25, 0.3) is 0 Å². The first-order chi connectivity index (χ1) is 7.95. The topological polar surface area (TPSA) is 32.3 Å². The third kappa shape index (κ3) is 3.83. The van der Waals surface area contributed by atoms with E-state index in [-0.39, 0.29) is 18.7 Å². The largest absolute Gasteiger partial charge is 0.395 e. The number of aliphatic hydroxyl groups is 1. The van der Waals surface area contributed by atoms with E-state index in [0.29, 0.717) is 5.92 Å². The summed E-state index contributed by atoms with van der Waals surface area (Å²) in [5.41, 5.74) is 3.92. The Bertz CT molecular complexity index is 360. The fourth-order valence-electron chi connectivity index (χ4n) is 2.18. The molecule has 0 aromatic heterocycles. The molecule has 0 spiro atoms. The lowest BCUT2D eigenvalue weighted by molar-refractivity contribution is 0.201. The highest BCUT2D eigenvalue weighted by molar-refractivity contribution is 5.32. The van der Waals surface area contributed by atoms with E-state index in [9.17, 15) is 5.11 Å². The molecule has 0 amide bonds. The summed E-state index contributed by atoms with van der Waals surface area (Å²) in [5, 5.41) is 12.8. The highest BCUT2D eigenvalue weighted by atomic mass is 16.3. The van der Waals surface area contributed by atoms with Gasteiger partial charge in [-0.05, 0) is 37.8 Å². The van der Waals surface area contributed by atoms with Crippen LogP contribution in [0.25, 0.3) is 0 Å². The van der Waals surface area contributed by atoms with Gasteiger partial charge < -0.3 is 10.4 Å². The maximum atomic E-state index is 9.34. The lowest BCUT2D eigenvalue weighted by Crippen LogP contribution is -2.38. The average molecular weight is 235 g/mol. The van der Waals surface area contributed by atoms with Gasteiger partial charge >= 0.3 is 0 Å². The molecule has 0 aliphatic heterocycles. The van der Waals surface area contributed by atoms with Crippen molar-refractivity contribution in [2.45, 2.75) is 46.7 Å². The van der Waals surface area contributed by atoms with Crippen LogP contribution in [-0.4, -0.2) is 17.8 Å². The minimum Gasteiger partial charge on any atom is -0.395 e. The molecule has 2 nitrogen and oxygen atoms in total. The quantitative estimate of drug-likeness (QED) is 0.822. The molecule has 1 rings (SSSR count). The van der Waals surface area contributed by atoms with Gasteiger partial charge in [-0.1, -0.05) is 37.6 Å². The number of benzene rings is 1. The van der Waals surface area contributed by atoms with Crippen molar-refractivity contribution >= 4 is 0 Å². The van der Waals surface area contributed by atoms with Gasteiger partial charge in [0, 0.05) is 12.1 Å². The zero-order chi connectivity index (χ0) is 13.0. The van der Waals surface area contributed by atoms with Gasteiger partial charge in [-0.15, -0.1) is 0 Å². The molecule has 2 N–H and O–H groups in total. The minimum atomic E-state index is 0.158. The Morgan fingerprint density at radius 2 is 1.82 bits per heavy atom. The van der Waals surface area contributed by atoms with Gasteiger partial charge in [0.2, 0.25) is 0 Å². The van der Waals surface area contributed by atoms with E-state index >= 15 is 0 Å². The van der Waals surface area contributed by atoms with Gasteiger partial charge in [0.05, 0.1) is 6.61 Å². The summed E-state index contributed by atoms with van der Waals surface area (Å²) < 4.78 is 0. The molecule has 0 aliphatic carbocycles. The van der Waals surface area contributed by atoms with E-state index in [1.807, 2.05) is 0 Å². The lowest BCUT2D eigenvalue weighted by Gasteiger charge is -2.26. The number of rotatable bonds is 5. The Morgan fingerprint density at radius 1 is 1.18 bits per heavy atom. The fraction of sp³-hybridized carbons (Fsp3) is 0.600. The summed E-state index contributed by atoms with van der Waals surface area (Å²) in [7, 11) is 0. The van der Waals surface area contributed by atoms with E-state index in [0.717, 1.165) is 0 Å². The lowest BCUT2D eigenvalue weighted by atomic mass is 9.98. The SMILES string of the molecule is Cc1ccc(C(C)N[C@H](CO)C(C)C)c(C)c1. The number of hydrogen-bond acceptors (Lipinski definition) is 2. The van der Waals surface area contributed by atoms with Crippen LogP contribution in [0.5, 0.6) is 0 Å². The van der Waals surface area contributed by atoms with Crippen LogP contribution in [0.2, 0.25) is 0 Å². The third-order valence-corrected chi connectivity index (χ3v) is 3.36. The molecule has 0 heterocycles. The summed E-state index contributed by atoms with van der Waals surface area (Å²) in [6, 6.07) is 6.96. The zero-order valence-electron chi connectivity index (χ0n) is 11.6. The molecule has 2 heteroatoms. The van der Waals surface area contributed by atoms with Crippen LogP contribution in [0.4, 0.5) is 0 Å². The second-order valence-corrected chi connectivity index (χ2v) is 5.28. The summed E-state index contributed by atoms with van der Waals surface area (Å²) in [5.74, 6) is 0.438. The highest BCUT2D eigenvalue weighted by Gasteiger charge is 2.16. The van der Waals surface area contributed by atoms with Crippen LogP contribution >= 0.6 is 0 Å². The van der Waals surface area contributed by atoms with E-state index in [4.69, 9.17) is 0 Å². The Kier molecular flexibility index (Phi) is 5.16. The molecular weight excluding hydrogens is 210 g/mol. The first kappa shape index (κ1) is 14.2. The van der Waals surface area contributed by atoms with Crippen LogP contribution in [0.15, 0.2) is 18.2 Å². The summed E-state index contributed by atoms with van der Waals surface area (Å²) in [6.07, 6.45) is 0. The molecule has 96 valence electrons. The molecule has 0 bridgehead atoms. The predicted octanol–water partition coefficient (Wildman–Crippen LogP) is 2.97. The summed E-state index contributed by atoms with van der Waals surface area (Å²) >= 11 is 0. The molecule has 1 aromatic rings. The standard InChI is InChI=1S/C15H25NO/c1-10(2)15(9-17)16-13(5)14-7-6-11(3)8-12(14)4/h6-8,10,13,15-17H,9H2,1-5H3/t13?,15-/m1/s1. The van der Waals surface area contributed by atoms with Gasteiger partial charge in [-0.25, -0.2) is 0 Å². The van der Waals surface area contributed by atoms with Gasteiger partial charge in [-0.2, -0.15) is 0 Å². The Morgan fingerprint density at radius 3 is 2.29 bits per heavy atom. The monoisotopic (exact) mass is 235 g/mol. The summed E-state index contributed by atoms with van der Waals surface area (Å²) in [6.45, 7) is 10.9. The van der Waals surface area contributed by atoms with E-state index < -0.39 is 0 Å². The summed E-state index contributed by atoms with van der Waals surface area (Å²) in [4.78, 5) is 0. The van der Waals surface area contributed by atoms with Crippen LogP contribution in [0.3, 0.4) is 0 Å². The van der Waals surface area contributed by atoms with Crippen molar-refractivity contribution in [3.05, 3.63) is 34.9 Å². The average Bonchev–Trinajstić information content (AvgIpc) is 2.24. The van der Waals surface area contributed by atoms with Crippen molar-refractivity contribution in [1.29, 1.82) is 0 Å². The molecular formula is C15H25NO. The molecule has 0 radical (unpaired) electrons. The second kappa shape index (κ2) is 6.18. The van der Waals surface area contributed by atoms with Gasteiger partial charge in [0.1, 0.15) is 0 Å². The maximum absolute atomic E-state index is 9.34. The molecule has 0 fully saturated rings.